The highest BCUT2D eigenvalue weighted by atomic mass is 16.5. The maximum atomic E-state index is 13.3. The Kier molecular flexibility index (Phi) is 9.07. The molecule has 0 bridgehead atoms. The Balaban J connectivity index is 1.65. The van der Waals surface area contributed by atoms with Gasteiger partial charge in [-0.15, -0.1) is 0 Å². The van der Waals surface area contributed by atoms with Crippen LogP contribution in [0.25, 0.3) is 5.76 Å². The Hall–Kier alpha value is -3.36. The fraction of sp³-hybridized carbons (Fsp3) is 0.467. The van der Waals surface area contributed by atoms with E-state index in [-0.39, 0.29) is 23.5 Å². The van der Waals surface area contributed by atoms with Crippen LogP contribution in [0.5, 0.6) is 11.5 Å². The molecule has 2 aromatic carbocycles. The molecule has 2 aromatic rings. The number of ketones is 1. The second-order valence-corrected chi connectivity index (χ2v) is 10.2. The van der Waals surface area contributed by atoms with E-state index < -0.39 is 17.7 Å². The number of ether oxygens (including phenoxy) is 3. The lowest BCUT2D eigenvalue weighted by Gasteiger charge is -2.29. The number of carbonyl (C=O) groups is 2. The van der Waals surface area contributed by atoms with E-state index in [1.807, 2.05) is 52.0 Å². The van der Waals surface area contributed by atoms with E-state index >= 15 is 0 Å². The van der Waals surface area contributed by atoms with Gasteiger partial charge in [0.15, 0.2) is 0 Å². The number of likely N-dealkylation sites (tertiary alicyclic amines) is 1. The fourth-order valence-corrected chi connectivity index (χ4v) is 4.87. The van der Waals surface area contributed by atoms with Crippen LogP contribution in [0.3, 0.4) is 0 Å². The molecular formula is C30H38N2O6. The summed E-state index contributed by atoms with van der Waals surface area (Å²) in [5, 5.41) is 11.3. The third-order valence-corrected chi connectivity index (χ3v) is 6.58. The van der Waals surface area contributed by atoms with E-state index in [0.29, 0.717) is 43.2 Å². The van der Waals surface area contributed by atoms with E-state index in [9.17, 15) is 14.7 Å². The predicted octanol–water partition coefficient (Wildman–Crippen LogP) is 4.41. The number of hydrogen-bond acceptors (Lipinski definition) is 7. The Morgan fingerprint density at radius 3 is 2.00 bits per heavy atom. The SMILES string of the molecule is CC(C)Oc1ccc(/C(O)=C2/C(=O)C(=O)N(CCCN3CCOCC3)C2c2ccc(OC(C)C)cc2)cc1. The summed E-state index contributed by atoms with van der Waals surface area (Å²) in [7, 11) is 0. The molecule has 2 saturated heterocycles. The number of benzene rings is 2. The van der Waals surface area contributed by atoms with Gasteiger partial charge < -0.3 is 24.2 Å². The highest BCUT2D eigenvalue weighted by Gasteiger charge is 2.45. The van der Waals surface area contributed by atoms with Crippen LogP contribution in [-0.2, 0) is 14.3 Å². The van der Waals surface area contributed by atoms with Crippen LogP contribution in [0.4, 0.5) is 0 Å². The van der Waals surface area contributed by atoms with Crippen LogP contribution in [-0.4, -0.2) is 78.2 Å². The maximum absolute atomic E-state index is 13.3. The molecule has 0 aromatic heterocycles. The van der Waals surface area contributed by atoms with Crippen molar-refractivity contribution in [2.24, 2.45) is 0 Å². The summed E-state index contributed by atoms with van der Waals surface area (Å²) in [6, 6.07) is 13.6. The van der Waals surface area contributed by atoms with Crippen LogP contribution in [0.15, 0.2) is 54.1 Å². The number of amides is 1. The third kappa shape index (κ3) is 6.55. The van der Waals surface area contributed by atoms with Gasteiger partial charge >= 0.3 is 0 Å². The molecule has 1 atom stereocenters. The Labute approximate surface area is 224 Å². The first-order valence-electron chi connectivity index (χ1n) is 13.4. The van der Waals surface area contributed by atoms with Crippen molar-refractivity contribution in [2.75, 3.05) is 39.4 Å². The summed E-state index contributed by atoms with van der Waals surface area (Å²) in [5.74, 6) is -0.0986. The van der Waals surface area contributed by atoms with Crippen LogP contribution in [0.2, 0.25) is 0 Å². The molecule has 0 radical (unpaired) electrons. The van der Waals surface area contributed by atoms with Gasteiger partial charge in [-0.3, -0.25) is 14.5 Å². The molecule has 0 spiro atoms. The molecule has 38 heavy (non-hydrogen) atoms. The van der Waals surface area contributed by atoms with Crippen LogP contribution >= 0.6 is 0 Å². The normalized spacial score (nSPS) is 19.9. The highest BCUT2D eigenvalue weighted by molar-refractivity contribution is 6.46. The van der Waals surface area contributed by atoms with Crippen LogP contribution in [0.1, 0.15) is 51.3 Å². The summed E-state index contributed by atoms with van der Waals surface area (Å²) in [6.45, 7) is 12.1. The minimum Gasteiger partial charge on any atom is -0.507 e. The zero-order valence-corrected chi connectivity index (χ0v) is 22.7. The molecule has 0 aliphatic carbocycles. The number of rotatable bonds is 10. The summed E-state index contributed by atoms with van der Waals surface area (Å²) >= 11 is 0. The molecule has 2 aliphatic heterocycles. The van der Waals surface area contributed by atoms with Crippen LogP contribution in [0, 0.1) is 0 Å². The quantitative estimate of drug-likeness (QED) is 0.281. The van der Waals surface area contributed by atoms with Gasteiger partial charge in [-0.1, -0.05) is 12.1 Å². The van der Waals surface area contributed by atoms with Gasteiger partial charge in [0.2, 0.25) is 0 Å². The number of aliphatic hydroxyl groups excluding tert-OH is 1. The van der Waals surface area contributed by atoms with Gasteiger partial charge in [0, 0.05) is 31.7 Å². The molecule has 1 N–H and O–H groups in total. The molecule has 8 heteroatoms. The molecule has 1 amide bonds. The van der Waals surface area contributed by atoms with E-state index in [2.05, 4.69) is 4.90 Å². The van der Waals surface area contributed by atoms with Gasteiger partial charge in [0.05, 0.1) is 37.0 Å². The van der Waals surface area contributed by atoms with Gasteiger partial charge in [0.1, 0.15) is 17.3 Å². The Bertz CT molecular complexity index is 1130. The number of nitrogens with zero attached hydrogens (tertiary/aromatic N) is 2. The number of Topliss-reactive ketones (excluding diaryl/α,β-unsaturated/α-hetero) is 1. The standard InChI is InChI=1S/C30H38N2O6/c1-20(2)37-24-10-6-22(7-11-24)27-26(28(33)23-8-12-25(13-9-23)38-21(3)4)29(34)30(35)32(27)15-5-14-31-16-18-36-19-17-31/h6-13,20-21,27,33H,5,14-19H2,1-4H3/b28-26-. The van der Waals surface area contributed by atoms with Crippen molar-refractivity contribution in [2.45, 2.75) is 52.4 Å². The summed E-state index contributed by atoms with van der Waals surface area (Å²) in [4.78, 5) is 30.5. The molecule has 2 heterocycles. The van der Waals surface area contributed by atoms with E-state index in [1.54, 1.807) is 29.2 Å². The summed E-state index contributed by atoms with van der Waals surface area (Å²) in [6.07, 6.45) is 0.744. The van der Waals surface area contributed by atoms with E-state index in [1.165, 1.54) is 0 Å². The Morgan fingerprint density at radius 1 is 0.895 bits per heavy atom. The third-order valence-electron chi connectivity index (χ3n) is 6.58. The molecule has 0 saturated carbocycles. The topological polar surface area (TPSA) is 88.5 Å². The number of morpholine rings is 1. The minimum atomic E-state index is -0.695. The highest BCUT2D eigenvalue weighted by Crippen LogP contribution is 2.40. The van der Waals surface area contributed by atoms with Gasteiger partial charge in [0.25, 0.3) is 11.7 Å². The zero-order valence-electron chi connectivity index (χ0n) is 22.7. The minimum absolute atomic E-state index is 0.0138. The van der Waals surface area contributed by atoms with Crippen molar-refractivity contribution in [3.63, 3.8) is 0 Å². The first kappa shape index (κ1) is 27.7. The number of aliphatic hydroxyl groups is 1. The first-order valence-corrected chi connectivity index (χ1v) is 13.4. The lowest BCUT2D eigenvalue weighted by Crippen LogP contribution is -2.38. The average Bonchev–Trinajstić information content (AvgIpc) is 3.14. The average molecular weight is 523 g/mol. The Morgan fingerprint density at radius 2 is 1.45 bits per heavy atom. The second kappa shape index (κ2) is 12.5. The fourth-order valence-electron chi connectivity index (χ4n) is 4.87. The molecule has 2 fully saturated rings. The van der Waals surface area contributed by atoms with Crippen LogP contribution < -0.4 is 9.47 Å². The maximum Gasteiger partial charge on any atom is 0.295 e. The molecule has 4 rings (SSSR count). The summed E-state index contributed by atoms with van der Waals surface area (Å²) < 4.78 is 16.9. The van der Waals surface area contributed by atoms with Crippen molar-refractivity contribution < 1.29 is 28.9 Å². The smallest absolute Gasteiger partial charge is 0.295 e. The van der Waals surface area contributed by atoms with Crippen molar-refractivity contribution in [1.29, 1.82) is 0 Å². The lowest BCUT2D eigenvalue weighted by atomic mass is 9.95. The molecule has 1 unspecified atom stereocenters. The predicted molar refractivity (Wildman–Crippen MR) is 145 cm³/mol. The van der Waals surface area contributed by atoms with Crippen molar-refractivity contribution in [3.05, 3.63) is 65.2 Å². The van der Waals surface area contributed by atoms with E-state index in [0.717, 1.165) is 25.2 Å². The van der Waals surface area contributed by atoms with Crippen molar-refractivity contribution in [1.82, 2.24) is 9.80 Å². The van der Waals surface area contributed by atoms with Gasteiger partial charge in [-0.2, -0.15) is 0 Å². The molecule has 2 aliphatic rings. The molecule has 204 valence electrons. The van der Waals surface area contributed by atoms with Crippen molar-refractivity contribution >= 4 is 17.4 Å². The zero-order chi connectivity index (χ0) is 27.2. The second-order valence-electron chi connectivity index (χ2n) is 10.2. The summed E-state index contributed by atoms with van der Waals surface area (Å²) in [5.41, 5.74) is 1.29. The first-order chi connectivity index (χ1) is 18.2. The largest absolute Gasteiger partial charge is 0.507 e. The molecular weight excluding hydrogens is 484 g/mol. The molecule has 8 nitrogen and oxygen atoms in total. The van der Waals surface area contributed by atoms with Gasteiger partial charge in [-0.25, -0.2) is 0 Å². The van der Waals surface area contributed by atoms with E-state index in [4.69, 9.17) is 14.2 Å². The lowest BCUT2D eigenvalue weighted by molar-refractivity contribution is -0.140. The van der Waals surface area contributed by atoms with Crippen molar-refractivity contribution in [3.8, 4) is 11.5 Å². The number of carbonyl (C=O) groups excluding carboxylic acids is 2. The van der Waals surface area contributed by atoms with Gasteiger partial charge in [-0.05, 0) is 76.1 Å². The number of hydrogen-bond donors (Lipinski definition) is 1. The monoisotopic (exact) mass is 522 g/mol.